The summed E-state index contributed by atoms with van der Waals surface area (Å²) in [6, 6.07) is 11.9. The van der Waals surface area contributed by atoms with E-state index in [0.717, 1.165) is 12.8 Å². The Labute approximate surface area is 183 Å². The maximum atomic E-state index is 12.8. The average Bonchev–Trinajstić information content (AvgIpc) is 2.80. The summed E-state index contributed by atoms with van der Waals surface area (Å²) in [7, 11) is -3.53. The van der Waals surface area contributed by atoms with Gasteiger partial charge in [0, 0.05) is 44.0 Å². The average molecular weight is 442 g/mol. The number of anilines is 1. The van der Waals surface area contributed by atoms with Crippen LogP contribution in [0.4, 0.5) is 5.82 Å². The molecule has 0 aliphatic carbocycles. The number of likely N-dealkylation sites (tertiary alicyclic amines) is 1. The third kappa shape index (κ3) is 5.21. The fourth-order valence-corrected chi connectivity index (χ4v) is 5.10. The Morgan fingerprint density at radius 3 is 2.32 bits per heavy atom. The van der Waals surface area contributed by atoms with Gasteiger partial charge in [-0.2, -0.15) is 9.57 Å². The summed E-state index contributed by atoms with van der Waals surface area (Å²) < 4.78 is 26.6. The highest BCUT2D eigenvalue weighted by molar-refractivity contribution is 7.89. The van der Waals surface area contributed by atoms with E-state index in [1.165, 1.54) is 22.6 Å². The van der Waals surface area contributed by atoms with Crippen LogP contribution < -0.4 is 5.32 Å². The smallest absolute Gasteiger partial charge is 0.253 e. The number of sulfonamides is 1. The zero-order valence-corrected chi connectivity index (χ0v) is 18.6. The number of carbonyl (C=O) groups is 1. The Hall–Kier alpha value is -2.96. The minimum absolute atomic E-state index is 0.0956. The van der Waals surface area contributed by atoms with Gasteiger partial charge in [-0.05, 0) is 49.2 Å². The van der Waals surface area contributed by atoms with E-state index in [1.54, 1.807) is 43.0 Å². The maximum absolute atomic E-state index is 12.8. The van der Waals surface area contributed by atoms with E-state index in [0.29, 0.717) is 43.1 Å². The molecule has 1 N–H and O–H groups in total. The number of nitriles is 1. The van der Waals surface area contributed by atoms with Gasteiger partial charge in [0.1, 0.15) is 11.9 Å². The fourth-order valence-electron chi connectivity index (χ4n) is 3.65. The van der Waals surface area contributed by atoms with E-state index in [4.69, 9.17) is 5.26 Å². The predicted octanol–water partition coefficient (Wildman–Crippen LogP) is 2.70. The number of nitrogens with one attached hydrogen (secondary N) is 1. The van der Waals surface area contributed by atoms with Crippen molar-refractivity contribution in [2.75, 3.05) is 31.5 Å². The summed E-state index contributed by atoms with van der Waals surface area (Å²) in [5, 5.41) is 12.2. The summed E-state index contributed by atoms with van der Waals surface area (Å²) in [6.45, 7) is 5.61. The van der Waals surface area contributed by atoms with Crippen LogP contribution in [0.5, 0.6) is 0 Å². The lowest BCUT2D eigenvalue weighted by Gasteiger charge is -2.32. The molecule has 0 spiro atoms. The number of amides is 1. The summed E-state index contributed by atoms with van der Waals surface area (Å²) in [5.74, 6) is 0.621. The van der Waals surface area contributed by atoms with Crippen molar-refractivity contribution >= 4 is 21.7 Å². The van der Waals surface area contributed by atoms with Crippen LogP contribution >= 0.6 is 0 Å². The Morgan fingerprint density at radius 1 is 1.16 bits per heavy atom. The van der Waals surface area contributed by atoms with Gasteiger partial charge in [-0.25, -0.2) is 13.4 Å². The van der Waals surface area contributed by atoms with Gasteiger partial charge in [-0.15, -0.1) is 0 Å². The maximum Gasteiger partial charge on any atom is 0.253 e. The molecule has 164 valence electrons. The van der Waals surface area contributed by atoms with E-state index in [2.05, 4.69) is 10.3 Å². The van der Waals surface area contributed by atoms with Crippen LogP contribution in [-0.4, -0.2) is 60.7 Å². The highest BCUT2D eigenvalue weighted by Gasteiger charge is 2.25. The summed E-state index contributed by atoms with van der Waals surface area (Å²) in [5.41, 5.74) is 1.00. The molecule has 0 bridgehead atoms. The second-order valence-electron chi connectivity index (χ2n) is 7.37. The molecule has 0 radical (unpaired) electrons. The number of rotatable bonds is 7. The van der Waals surface area contributed by atoms with Gasteiger partial charge in [-0.3, -0.25) is 4.79 Å². The van der Waals surface area contributed by atoms with Crippen molar-refractivity contribution in [3.05, 3.63) is 53.7 Å². The highest BCUT2D eigenvalue weighted by Crippen LogP contribution is 2.20. The van der Waals surface area contributed by atoms with Crippen molar-refractivity contribution in [1.82, 2.24) is 14.2 Å². The molecule has 0 unspecified atom stereocenters. The lowest BCUT2D eigenvalue weighted by molar-refractivity contribution is 0.0718. The first kappa shape index (κ1) is 22.7. The van der Waals surface area contributed by atoms with Crippen molar-refractivity contribution in [3.8, 4) is 6.07 Å². The molecule has 1 aliphatic heterocycles. The minimum Gasteiger partial charge on any atom is -0.367 e. The van der Waals surface area contributed by atoms with Crippen LogP contribution in [0.1, 0.15) is 42.6 Å². The molecule has 1 aromatic carbocycles. The third-order valence-corrected chi connectivity index (χ3v) is 7.54. The monoisotopic (exact) mass is 441 g/mol. The number of carbonyl (C=O) groups excluding carboxylic acids is 1. The molecular formula is C22H27N5O3S. The van der Waals surface area contributed by atoms with Crippen LogP contribution in [0.2, 0.25) is 0 Å². The van der Waals surface area contributed by atoms with E-state index < -0.39 is 10.0 Å². The van der Waals surface area contributed by atoms with Crippen molar-refractivity contribution in [2.45, 2.75) is 37.6 Å². The van der Waals surface area contributed by atoms with Crippen LogP contribution in [0.25, 0.3) is 0 Å². The van der Waals surface area contributed by atoms with Gasteiger partial charge in [0.25, 0.3) is 5.91 Å². The molecule has 0 atom stereocenters. The Kier molecular flexibility index (Phi) is 7.25. The van der Waals surface area contributed by atoms with E-state index in [1.807, 2.05) is 6.07 Å². The number of nitrogens with zero attached hydrogens (tertiary/aromatic N) is 4. The van der Waals surface area contributed by atoms with E-state index in [9.17, 15) is 13.2 Å². The van der Waals surface area contributed by atoms with Gasteiger partial charge in [0.05, 0.1) is 10.5 Å². The lowest BCUT2D eigenvalue weighted by Crippen LogP contribution is -2.42. The molecule has 8 nitrogen and oxygen atoms in total. The van der Waals surface area contributed by atoms with Crippen LogP contribution in [0.3, 0.4) is 0 Å². The molecule has 31 heavy (non-hydrogen) atoms. The second-order valence-corrected chi connectivity index (χ2v) is 9.31. The molecule has 1 aliphatic rings. The predicted molar refractivity (Wildman–Crippen MR) is 118 cm³/mol. The molecule has 0 saturated carbocycles. The van der Waals surface area contributed by atoms with Crippen molar-refractivity contribution in [1.29, 1.82) is 5.26 Å². The third-order valence-electron chi connectivity index (χ3n) is 5.47. The first-order valence-electron chi connectivity index (χ1n) is 10.4. The van der Waals surface area contributed by atoms with Crippen molar-refractivity contribution in [3.63, 3.8) is 0 Å². The van der Waals surface area contributed by atoms with E-state index >= 15 is 0 Å². The Balaban J connectivity index is 1.58. The quantitative estimate of drug-likeness (QED) is 0.708. The largest absolute Gasteiger partial charge is 0.367 e. The summed E-state index contributed by atoms with van der Waals surface area (Å²) in [6.07, 6.45) is 3.09. The van der Waals surface area contributed by atoms with Gasteiger partial charge in [0.2, 0.25) is 10.0 Å². The lowest BCUT2D eigenvalue weighted by atomic mass is 10.0. The Morgan fingerprint density at radius 2 is 1.81 bits per heavy atom. The van der Waals surface area contributed by atoms with Crippen LogP contribution in [-0.2, 0) is 10.0 Å². The van der Waals surface area contributed by atoms with Crippen LogP contribution in [0.15, 0.2) is 47.5 Å². The number of benzene rings is 1. The van der Waals surface area contributed by atoms with E-state index in [-0.39, 0.29) is 16.8 Å². The molecule has 2 heterocycles. The first-order valence-corrected chi connectivity index (χ1v) is 11.8. The van der Waals surface area contributed by atoms with Gasteiger partial charge in [-0.1, -0.05) is 13.8 Å². The number of piperidine rings is 1. The fraction of sp³-hybridized carbons (Fsp3) is 0.409. The summed E-state index contributed by atoms with van der Waals surface area (Å²) >= 11 is 0. The molecule has 2 aromatic rings. The van der Waals surface area contributed by atoms with Crippen LogP contribution in [0, 0.1) is 11.3 Å². The van der Waals surface area contributed by atoms with Gasteiger partial charge in [0.15, 0.2) is 0 Å². The molecule has 1 fully saturated rings. The summed E-state index contributed by atoms with van der Waals surface area (Å²) in [4.78, 5) is 19.1. The number of aromatic nitrogens is 1. The number of pyridine rings is 1. The normalized spacial score (nSPS) is 15.0. The first-order chi connectivity index (χ1) is 14.9. The molecular weight excluding hydrogens is 414 g/mol. The number of hydrogen-bond acceptors (Lipinski definition) is 6. The number of hydrogen-bond donors (Lipinski definition) is 1. The Bertz CT molecular complexity index is 1030. The SMILES string of the molecule is CCN(CC)S(=O)(=O)c1ccc(C(=O)N2CCC(Nc3ccc(C#N)cn3)CC2)cc1. The van der Waals surface area contributed by atoms with Gasteiger partial charge < -0.3 is 10.2 Å². The molecule has 1 saturated heterocycles. The minimum atomic E-state index is -3.53. The zero-order chi connectivity index (χ0) is 22.4. The molecule has 3 rings (SSSR count). The van der Waals surface area contributed by atoms with Gasteiger partial charge >= 0.3 is 0 Å². The van der Waals surface area contributed by atoms with Crippen molar-refractivity contribution in [2.24, 2.45) is 0 Å². The molecule has 1 aromatic heterocycles. The van der Waals surface area contributed by atoms with Crippen molar-refractivity contribution < 1.29 is 13.2 Å². The highest BCUT2D eigenvalue weighted by atomic mass is 32.2. The topological polar surface area (TPSA) is 106 Å². The second kappa shape index (κ2) is 9.90. The molecule has 9 heteroatoms. The molecule has 1 amide bonds. The standard InChI is InChI=1S/C22H27N5O3S/c1-3-27(4-2)31(29,30)20-8-6-18(7-9-20)22(28)26-13-11-19(12-14-26)25-21-10-5-17(15-23)16-24-21/h5-10,16,19H,3-4,11-14H2,1-2H3,(H,24,25). The zero-order valence-electron chi connectivity index (χ0n) is 17.8.